The third-order valence-electron chi connectivity index (χ3n) is 3.40. The molecule has 0 aliphatic heterocycles. The van der Waals surface area contributed by atoms with E-state index in [4.69, 9.17) is 0 Å². The van der Waals surface area contributed by atoms with E-state index in [1.807, 2.05) is 50.2 Å². The smallest absolute Gasteiger partial charge is 0.266 e. The number of hydrogen-bond acceptors (Lipinski definition) is 4. The molecule has 128 valence electrons. The van der Waals surface area contributed by atoms with Gasteiger partial charge < -0.3 is 15.5 Å². The van der Waals surface area contributed by atoms with Gasteiger partial charge in [-0.15, -0.1) is 0 Å². The zero-order valence-electron chi connectivity index (χ0n) is 14.2. The molecule has 6 nitrogen and oxygen atoms in total. The van der Waals surface area contributed by atoms with Crippen molar-refractivity contribution in [2.24, 2.45) is 0 Å². The van der Waals surface area contributed by atoms with E-state index in [-0.39, 0.29) is 17.5 Å². The van der Waals surface area contributed by atoms with Gasteiger partial charge in [0.1, 0.15) is 11.6 Å². The monoisotopic (exact) mass is 328 g/mol. The van der Waals surface area contributed by atoms with Crippen LogP contribution >= 0.6 is 0 Å². The van der Waals surface area contributed by atoms with E-state index in [0.717, 1.165) is 5.56 Å². The summed E-state index contributed by atoms with van der Waals surface area (Å²) in [5.74, 6) is -0.296. The van der Waals surface area contributed by atoms with E-state index in [2.05, 4.69) is 10.6 Å². The minimum absolute atomic E-state index is 0.0220. The van der Waals surface area contributed by atoms with Crippen LogP contribution in [0.25, 0.3) is 0 Å². The van der Waals surface area contributed by atoms with Gasteiger partial charge >= 0.3 is 0 Å². The molecule has 0 bridgehead atoms. The number of rotatable bonds is 10. The summed E-state index contributed by atoms with van der Waals surface area (Å²) in [6, 6.07) is 11.6. The van der Waals surface area contributed by atoms with E-state index in [1.54, 1.807) is 4.90 Å². The summed E-state index contributed by atoms with van der Waals surface area (Å²) in [5.41, 5.74) is 1.09. The van der Waals surface area contributed by atoms with Gasteiger partial charge in [0.15, 0.2) is 0 Å². The fourth-order valence-electron chi connectivity index (χ4n) is 2.09. The zero-order valence-corrected chi connectivity index (χ0v) is 14.2. The summed E-state index contributed by atoms with van der Waals surface area (Å²) in [6.07, 6.45) is 2.80. The second kappa shape index (κ2) is 10.8. The topological polar surface area (TPSA) is 85.2 Å². The van der Waals surface area contributed by atoms with Crippen molar-refractivity contribution in [2.75, 3.05) is 13.1 Å². The van der Waals surface area contributed by atoms with Crippen LogP contribution in [0.5, 0.6) is 0 Å². The summed E-state index contributed by atoms with van der Waals surface area (Å²) < 4.78 is 0. The van der Waals surface area contributed by atoms with E-state index < -0.39 is 0 Å². The lowest BCUT2D eigenvalue weighted by atomic mass is 10.1. The molecule has 24 heavy (non-hydrogen) atoms. The van der Waals surface area contributed by atoms with Gasteiger partial charge in [0, 0.05) is 31.9 Å². The van der Waals surface area contributed by atoms with Crippen LogP contribution in [0.2, 0.25) is 0 Å². The molecule has 0 aliphatic carbocycles. The molecule has 2 N–H and O–H groups in total. The SMILES string of the molecule is CC(C)N(Cc1ccccc1)C(=O)/C(C#N)=C\NCCCNC=O. The van der Waals surface area contributed by atoms with Crippen LogP contribution in [0, 0.1) is 11.3 Å². The van der Waals surface area contributed by atoms with Crippen molar-refractivity contribution in [2.45, 2.75) is 32.9 Å². The molecule has 0 fully saturated rings. The number of nitrogens with zero attached hydrogens (tertiary/aromatic N) is 2. The molecule has 0 aromatic heterocycles. The van der Waals surface area contributed by atoms with Crippen molar-refractivity contribution in [1.29, 1.82) is 5.26 Å². The Labute approximate surface area is 143 Å². The van der Waals surface area contributed by atoms with E-state index in [1.165, 1.54) is 6.20 Å². The van der Waals surface area contributed by atoms with Crippen molar-refractivity contribution in [3.63, 3.8) is 0 Å². The van der Waals surface area contributed by atoms with Crippen molar-refractivity contribution < 1.29 is 9.59 Å². The number of carbonyl (C=O) groups excluding carboxylic acids is 2. The van der Waals surface area contributed by atoms with Crippen molar-refractivity contribution in [3.05, 3.63) is 47.7 Å². The Morgan fingerprint density at radius 3 is 2.50 bits per heavy atom. The summed E-state index contributed by atoms with van der Waals surface area (Å²) >= 11 is 0. The molecule has 1 aromatic rings. The quantitative estimate of drug-likeness (QED) is 0.295. The minimum Gasteiger partial charge on any atom is -0.390 e. The third-order valence-corrected chi connectivity index (χ3v) is 3.40. The molecular formula is C18H24N4O2. The average molecular weight is 328 g/mol. The maximum Gasteiger partial charge on any atom is 0.266 e. The van der Waals surface area contributed by atoms with Crippen LogP contribution in [0.1, 0.15) is 25.8 Å². The normalized spacial score (nSPS) is 10.8. The van der Waals surface area contributed by atoms with Crippen LogP contribution in [-0.4, -0.2) is 36.3 Å². The molecule has 0 saturated heterocycles. The van der Waals surface area contributed by atoms with Crippen LogP contribution in [0.3, 0.4) is 0 Å². The average Bonchev–Trinajstić information content (AvgIpc) is 2.59. The maximum absolute atomic E-state index is 12.6. The second-order valence-corrected chi connectivity index (χ2v) is 5.56. The third kappa shape index (κ3) is 6.53. The molecule has 0 atom stereocenters. The van der Waals surface area contributed by atoms with Crippen LogP contribution < -0.4 is 10.6 Å². The summed E-state index contributed by atoms with van der Waals surface area (Å²) in [7, 11) is 0. The van der Waals surface area contributed by atoms with Gasteiger partial charge in [0.25, 0.3) is 5.91 Å². The molecule has 0 radical (unpaired) electrons. The molecule has 0 heterocycles. The highest BCUT2D eigenvalue weighted by molar-refractivity contribution is 5.97. The van der Waals surface area contributed by atoms with Gasteiger partial charge in [-0.05, 0) is 25.8 Å². The summed E-state index contributed by atoms with van der Waals surface area (Å²) in [4.78, 5) is 24.4. The maximum atomic E-state index is 12.6. The first-order valence-corrected chi connectivity index (χ1v) is 7.95. The molecule has 6 heteroatoms. The van der Waals surface area contributed by atoms with Gasteiger partial charge in [-0.25, -0.2) is 0 Å². The second-order valence-electron chi connectivity index (χ2n) is 5.56. The zero-order chi connectivity index (χ0) is 17.8. The number of nitrogens with one attached hydrogen (secondary N) is 2. The van der Waals surface area contributed by atoms with Crippen molar-refractivity contribution in [3.8, 4) is 6.07 Å². The fourth-order valence-corrected chi connectivity index (χ4v) is 2.09. The largest absolute Gasteiger partial charge is 0.390 e. The Kier molecular flexibility index (Phi) is 8.69. The van der Waals surface area contributed by atoms with Crippen LogP contribution in [0.4, 0.5) is 0 Å². The number of carbonyl (C=O) groups is 2. The van der Waals surface area contributed by atoms with E-state index in [0.29, 0.717) is 32.5 Å². The number of nitriles is 1. The lowest BCUT2D eigenvalue weighted by Gasteiger charge is -2.26. The van der Waals surface area contributed by atoms with E-state index >= 15 is 0 Å². The minimum atomic E-state index is -0.296. The lowest BCUT2D eigenvalue weighted by molar-refractivity contribution is -0.129. The first-order valence-electron chi connectivity index (χ1n) is 7.95. The highest BCUT2D eigenvalue weighted by Gasteiger charge is 2.21. The van der Waals surface area contributed by atoms with Crippen molar-refractivity contribution in [1.82, 2.24) is 15.5 Å². The molecule has 0 aliphatic rings. The summed E-state index contributed by atoms with van der Waals surface area (Å²) in [6.45, 7) is 5.42. The number of benzene rings is 1. The van der Waals surface area contributed by atoms with Gasteiger partial charge in [-0.1, -0.05) is 30.3 Å². The Balaban J connectivity index is 2.69. The van der Waals surface area contributed by atoms with E-state index in [9.17, 15) is 14.9 Å². The standard InChI is InChI=1S/C18H24N4O2/c1-15(2)22(13-16-7-4-3-5-8-16)18(24)17(11-19)12-20-9-6-10-21-14-23/h3-5,7-8,12,14-15,20H,6,9-10,13H2,1-2H3,(H,21,23)/b17-12-. The first kappa shape index (κ1) is 19.2. The van der Waals surface area contributed by atoms with Gasteiger partial charge in [0.05, 0.1) is 0 Å². The van der Waals surface area contributed by atoms with Gasteiger partial charge in [-0.3, -0.25) is 9.59 Å². The number of amides is 2. The molecule has 0 spiro atoms. The Morgan fingerprint density at radius 2 is 1.92 bits per heavy atom. The van der Waals surface area contributed by atoms with Crippen molar-refractivity contribution >= 4 is 12.3 Å². The predicted molar refractivity (Wildman–Crippen MR) is 92.5 cm³/mol. The van der Waals surface area contributed by atoms with Crippen LogP contribution in [-0.2, 0) is 16.1 Å². The fraction of sp³-hybridized carbons (Fsp3) is 0.389. The molecule has 0 unspecified atom stereocenters. The number of hydrogen-bond donors (Lipinski definition) is 2. The Hall–Kier alpha value is -2.81. The Bertz CT molecular complexity index is 591. The first-order chi connectivity index (χ1) is 11.6. The summed E-state index contributed by atoms with van der Waals surface area (Å²) in [5, 5.41) is 14.8. The highest BCUT2D eigenvalue weighted by atomic mass is 16.2. The van der Waals surface area contributed by atoms with Crippen LogP contribution in [0.15, 0.2) is 42.1 Å². The lowest BCUT2D eigenvalue weighted by Crippen LogP contribution is -2.37. The molecule has 2 amide bonds. The molecule has 1 aromatic carbocycles. The molecule has 0 saturated carbocycles. The Morgan fingerprint density at radius 1 is 1.25 bits per heavy atom. The predicted octanol–water partition coefficient (Wildman–Crippen LogP) is 1.56. The van der Waals surface area contributed by atoms with Gasteiger partial charge in [-0.2, -0.15) is 5.26 Å². The molecular weight excluding hydrogens is 304 g/mol. The molecule has 1 rings (SSSR count). The highest BCUT2D eigenvalue weighted by Crippen LogP contribution is 2.12. The van der Waals surface area contributed by atoms with Gasteiger partial charge in [0.2, 0.25) is 6.41 Å².